The zero-order valence-electron chi connectivity index (χ0n) is 10.6. The van der Waals surface area contributed by atoms with Crippen LogP contribution in [-0.4, -0.2) is 29.6 Å². The minimum Gasteiger partial charge on any atom is -0.508 e. The Morgan fingerprint density at radius 1 is 1.44 bits per heavy atom. The minimum atomic E-state index is -0.0298. The molecule has 0 saturated carbocycles. The molecule has 1 fully saturated rings. The van der Waals surface area contributed by atoms with Crippen molar-refractivity contribution in [1.82, 2.24) is 10.6 Å². The molecule has 0 radical (unpaired) electrons. The van der Waals surface area contributed by atoms with Crippen LogP contribution in [0.3, 0.4) is 0 Å². The van der Waals surface area contributed by atoms with Gasteiger partial charge in [0.05, 0.1) is 6.42 Å². The Morgan fingerprint density at radius 3 is 2.89 bits per heavy atom. The molecule has 0 aromatic heterocycles. The molecule has 2 atom stereocenters. The van der Waals surface area contributed by atoms with Gasteiger partial charge in [0.1, 0.15) is 5.75 Å². The summed E-state index contributed by atoms with van der Waals surface area (Å²) >= 11 is 0. The molecule has 4 nitrogen and oxygen atoms in total. The standard InChI is InChI=1S/C14H20N2O2/c1-10-6-7-12(9-15-10)16-14(18)8-11-4-2-3-5-13(11)17/h2-5,10,12,15,17H,6-9H2,1H3,(H,16,18). The fraction of sp³-hybridized carbons (Fsp3) is 0.500. The average Bonchev–Trinajstić information content (AvgIpc) is 2.35. The highest BCUT2D eigenvalue weighted by Crippen LogP contribution is 2.16. The number of para-hydroxylation sites is 1. The third-order valence-electron chi connectivity index (χ3n) is 3.37. The molecule has 1 aromatic carbocycles. The van der Waals surface area contributed by atoms with Gasteiger partial charge in [-0.1, -0.05) is 18.2 Å². The largest absolute Gasteiger partial charge is 0.508 e. The number of piperidine rings is 1. The fourth-order valence-electron chi connectivity index (χ4n) is 2.23. The van der Waals surface area contributed by atoms with Crippen LogP contribution >= 0.6 is 0 Å². The van der Waals surface area contributed by atoms with Gasteiger partial charge in [-0.25, -0.2) is 0 Å². The molecule has 0 spiro atoms. The molecule has 1 saturated heterocycles. The van der Waals surface area contributed by atoms with Crippen molar-refractivity contribution >= 4 is 5.91 Å². The maximum atomic E-state index is 11.9. The molecule has 1 amide bonds. The Kier molecular flexibility index (Phi) is 4.20. The number of phenolic OH excluding ortho intramolecular Hbond substituents is 1. The molecule has 0 aliphatic carbocycles. The zero-order chi connectivity index (χ0) is 13.0. The number of aromatic hydroxyl groups is 1. The Bertz CT molecular complexity index is 412. The van der Waals surface area contributed by atoms with E-state index in [9.17, 15) is 9.90 Å². The SMILES string of the molecule is CC1CCC(NC(=O)Cc2ccccc2O)CN1. The van der Waals surface area contributed by atoms with Crippen LogP contribution in [-0.2, 0) is 11.2 Å². The van der Waals surface area contributed by atoms with Gasteiger partial charge in [-0.05, 0) is 25.8 Å². The number of benzene rings is 1. The number of phenols is 1. The van der Waals surface area contributed by atoms with Crippen molar-refractivity contribution in [1.29, 1.82) is 0 Å². The molecule has 2 unspecified atom stereocenters. The fourth-order valence-corrected chi connectivity index (χ4v) is 2.23. The van der Waals surface area contributed by atoms with Gasteiger partial charge < -0.3 is 15.7 Å². The Hall–Kier alpha value is -1.55. The summed E-state index contributed by atoms with van der Waals surface area (Å²) in [5.74, 6) is 0.154. The number of carbonyl (C=O) groups excluding carboxylic acids is 1. The Balaban J connectivity index is 1.84. The quantitative estimate of drug-likeness (QED) is 0.753. The molecule has 1 aromatic rings. The van der Waals surface area contributed by atoms with E-state index in [1.165, 1.54) is 0 Å². The maximum Gasteiger partial charge on any atom is 0.224 e. The van der Waals surface area contributed by atoms with Crippen LogP contribution in [0.5, 0.6) is 5.75 Å². The van der Waals surface area contributed by atoms with Crippen molar-refractivity contribution in [3.05, 3.63) is 29.8 Å². The van der Waals surface area contributed by atoms with Gasteiger partial charge in [0.25, 0.3) is 0 Å². The summed E-state index contributed by atoms with van der Waals surface area (Å²) in [7, 11) is 0. The lowest BCUT2D eigenvalue weighted by molar-refractivity contribution is -0.121. The van der Waals surface area contributed by atoms with Crippen LogP contribution in [0.15, 0.2) is 24.3 Å². The van der Waals surface area contributed by atoms with Crippen LogP contribution in [0.2, 0.25) is 0 Å². The summed E-state index contributed by atoms with van der Waals surface area (Å²) in [6.45, 7) is 2.98. The van der Waals surface area contributed by atoms with Crippen LogP contribution in [0.4, 0.5) is 0 Å². The second kappa shape index (κ2) is 5.87. The van der Waals surface area contributed by atoms with Gasteiger partial charge >= 0.3 is 0 Å². The molecule has 4 heteroatoms. The summed E-state index contributed by atoms with van der Waals surface area (Å²) in [5, 5.41) is 16.0. The molecule has 1 heterocycles. The van der Waals surface area contributed by atoms with Gasteiger partial charge in [-0.2, -0.15) is 0 Å². The molecular weight excluding hydrogens is 228 g/mol. The normalized spacial score (nSPS) is 23.6. The first-order valence-electron chi connectivity index (χ1n) is 6.45. The van der Waals surface area contributed by atoms with Gasteiger partial charge in [0.2, 0.25) is 5.91 Å². The number of rotatable bonds is 3. The van der Waals surface area contributed by atoms with E-state index in [0.717, 1.165) is 19.4 Å². The Morgan fingerprint density at radius 2 is 2.22 bits per heavy atom. The lowest BCUT2D eigenvalue weighted by Crippen LogP contribution is -2.49. The second-order valence-corrected chi connectivity index (χ2v) is 4.96. The minimum absolute atomic E-state index is 0.0298. The summed E-state index contributed by atoms with van der Waals surface area (Å²) in [6, 6.07) is 7.70. The van der Waals surface area contributed by atoms with E-state index in [1.807, 2.05) is 6.07 Å². The van der Waals surface area contributed by atoms with E-state index in [0.29, 0.717) is 11.6 Å². The van der Waals surface area contributed by atoms with E-state index in [4.69, 9.17) is 0 Å². The predicted molar refractivity (Wildman–Crippen MR) is 70.4 cm³/mol. The van der Waals surface area contributed by atoms with Crippen LogP contribution < -0.4 is 10.6 Å². The highest BCUT2D eigenvalue weighted by molar-refractivity contribution is 5.79. The molecule has 98 valence electrons. The van der Waals surface area contributed by atoms with Gasteiger partial charge in [-0.3, -0.25) is 4.79 Å². The van der Waals surface area contributed by atoms with Crippen molar-refractivity contribution in [2.45, 2.75) is 38.3 Å². The number of hydrogen-bond donors (Lipinski definition) is 3. The molecule has 18 heavy (non-hydrogen) atoms. The van der Waals surface area contributed by atoms with E-state index in [2.05, 4.69) is 17.6 Å². The van der Waals surface area contributed by atoms with E-state index >= 15 is 0 Å². The van der Waals surface area contributed by atoms with E-state index < -0.39 is 0 Å². The van der Waals surface area contributed by atoms with E-state index in [-0.39, 0.29) is 24.1 Å². The summed E-state index contributed by atoms with van der Waals surface area (Å²) in [5.41, 5.74) is 0.673. The molecule has 2 rings (SSSR count). The number of hydrogen-bond acceptors (Lipinski definition) is 3. The number of carbonyl (C=O) groups is 1. The predicted octanol–water partition coefficient (Wildman–Crippen LogP) is 1.19. The third-order valence-corrected chi connectivity index (χ3v) is 3.37. The first-order chi connectivity index (χ1) is 8.65. The van der Waals surface area contributed by atoms with Crippen molar-refractivity contribution in [2.75, 3.05) is 6.54 Å². The van der Waals surface area contributed by atoms with Crippen LogP contribution in [0, 0.1) is 0 Å². The Labute approximate surface area is 107 Å². The molecule has 1 aliphatic rings. The molecular formula is C14H20N2O2. The first kappa shape index (κ1) is 12.9. The summed E-state index contributed by atoms with van der Waals surface area (Å²) in [6.07, 6.45) is 2.33. The van der Waals surface area contributed by atoms with Gasteiger partial charge in [0.15, 0.2) is 0 Å². The number of nitrogens with one attached hydrogen (secondary N) is 2. The molecule has 0 bridgehead atoms. The average molecular weight is 248 g/mol. The zero-order valence-corrected chi connectivity index (χ0v) is 10.6. The molecule has 3 N–H and O–H groups in total. The molecule has 1 aliphatic heterocycles. The van der Waals surface area contributed by atoms with E-state index in [1.54, 1.807) is 18.2 Å². The summed E-state index contributed by atoms with van der Waals surface area (Å²) < 4.78 is 0. The maximum absolute atomic E-state index is 11.9. The lowest BCUT2D eigenvalue weighted by atomic mass is 10.0. The smallest absolute Gasteiger partial charge is 0.224 e. The van der Waals surface area contributed by atoms with Crippen LogP contribution in [0.25, 0.3) is 0 Å². The van der Waals surface area contributed by atoms with Crippen molar-refractivity contribution in [3.63, 3.8) is 0 Å². The lowest BCUT2D eigenvalue weighted by Gasteiger charge is -2.28. The number of amides is 1. The summed E-state index contributed by atoms with van der Waals surface area (Å²) in [4.78, 5) is 11.9. The topological polar surface area (TPSA) is 61.4 Å². The third kappa shape index (κ3) is 3.47. The monoisotopic (exact) mass is 248 g/mol. The highest BCUT2D eigenvalue weighted by Gasteiger charge is 2.19. The van der Waals surface area contributed by atoms with Gasteiger partial charge in [-0.15, -0.1) is 0 Å². The van der Waals surface area contributed by atoms with Gasteiger partial charge in [0, 0.05) is 24.2 Å². The highest BCUT2D eigenvalue weighted by atomic mass is 16.3. The van der Waals surface area contributed by atoms with Crippen molar-refractivity contribution in [2.24, 2.45) is 0 Å². The van der Waals surface area contributed by atoms with Crippen molar-refractivity contribution < 1.29 is 9.90 Å². The first-order valence-corrected chi connectivity index (χ1v) is 6.45. The van der Waals surface area contributed by atoms with Crippen LogP contribution in [0.1, 0.15) is 25.3 Å². The van der Waals surface area contributed by atoms with Crippen molar-refractivity contribution in [3.8, 4) is 5.75 Å². The second-order valence-electron chi connectivity index (χ2n) is 4.96.